The molecule has 0 spiro atoms. The largest absolute Gasteiger partial charge is 0.464 e. The minimum atomic E-state index is -0.164. The molecule has 1 aliphatic rings. The fourth-order valence-corrected chi connectivity index (χ4v) is 5.01. The number of hydrogen-bond acceptors (Lipinski definition) is 4. The highest BCUT2D eigenvalue weighted by molar-refractivity contribution is 5.86. The highest BCUT2D eigenvalue weighted by Gasteiger charge is 2.30. The average molecular weight is 503 g/mol. The summed E-state index contributed by atoms with van der Waals surface area (Å²) in [5.41, 5.74) is 2.77. The van der Waals surface area contributed by atoms with E-state index in [1.54, 1.807) is 15.9 Å². The normalized spacial score (nSPS) is 13.8. The Kier molecular flexibility index (Phi) is 8.80. The molecule has 1 aliphatic carbocycles. The van der Waals surface area contributed by atoms with Crippen LogP contribution >= 0.6 is 0 Å². The molecule has 0 atom stereocenters. The summed E-state index contributed by atoms with van der Waals surface area (Å²) in [7, 11) is 0. The van der Waals surface area contributed by atoms with Crippen molar-refractivity contribution in [3.63, 3.8) is 0 Å². The molecule has 6 nitrogen and oxygen atoms in total. The fourth-order valence-electron chi connectivity index (χ4n) is 5.01. The van der Waals surface area contributed by atoms with Gasteiger partial charge in [0.05, 0.1) is 30.3 Å². The van der Waals surface area contributed by atoms with Gasteiger partial charge in [-0.2, -0.15) is 0 Å². The average Bonchev–Trinajstić information content (AvgIpc) is 3.43. The first kappa shape index (κ1) is 26.6. The van der Waals surface area contributed by atoms with Crippen LogP contribution in [0.3, 0.4) is 0 Å². The van der Waals surface area contributed by atoms with Crippen LogP contribution in [0.4, 0.5) is 0 Å². The summed E-state index contributed by atoms with van der Waals surface area (Å²) < 4.78 is 5.76. The van der Waals surface area contributed by atoms with Crippen LogP contribution in [0.1, 0.15) is 62.6 Å². The van der Waals surface area contributed by atoms with Crippen LogP contribution < -0.4 is 5.43 Å². The van der Waals surface area contributed by atoms with Crippen LogP contribution in [0.25, 0.3) is 11.0 Å². The summed E-state index contributed by atoms with van der Waals surface area (Å²) in [4.78, 5) is 43.8. The second kappa shape index (κ2) is 12.2. The molecule has 0 radical (unpaired) electrons. The third-order valence-electron chi connectivity index (χ3n) is 7.25. The first-order valence-corrected chi connectivity index (χ1v) is 13.4. The van der Waals surface area contributed by atoms with Crippen molar-refractivity contribution in [1.29, 1.82) is 0 Å². The van der Waals surface area contributed by atoms with Crippen LogP contribution in [-0.4, -0.2) is 34.7 Å². The lowest BCUT2D eigenvalue weighted by Crippen LogP contribution is -2.45. The fraction of sp³-hybridized carbons (Fsp3) is 0.452. The van der Waals surface area contributed by atoms with Crippen molar-refractivity contribution in [1.82, 2.24) is 9.80 Å². The van der Waals surface area contributed by atoms with Crippen molar-refractivity contribution in [3.8, 4) is 0 Å². The molecule has 0 unspecified atom stereocenters. The minimum absolute atomic E-state index is 0.0123. The third-order valence-corrected chi connectivity index (χ3v) is 7.25. The second-order valence-corrected chi connectivity index (χ2v) is 10.7. The van der Waals surface area contributed by atoms with Crippen molar-refractivity contribution < 1.29 is 14.0 Å². The Hall–Kier alpha value is -3.41. The molecule has 1 fully saturated rings. The van der Waals surface area contributed by atoms with Gasteiger partial charge in [-0.25, -0.2) is 0 Å². The Morgan fingerprint density at radius 2 is 1.73 bits per heavy atom. The number of carbonyl (C=O) groups is 2. The maximum Gasteiger partial charge on any atom is 0.242 e. The maximum atomic E-state index is 13.8. The second-order valence-electron chi connectivity index (χ2n) is 10.7. The molecule has 37 heavy (non-hydrogen) atoms. The van der Waals surface area contributed by atoms with Crippen molar-refractivity contribution in [2.24, 2.45) is 11.8 Å². The zero-order valence-electron chi connectivity index (χ0n) is 22.2. The van der Waals surface area contributed by atoms with Crippen LogP contribution in [0.2, 0.25) is 0 Å². The number of benzene rings is 2. The number of nitrogens with zero attached hydrogens (tertiary/aromatic N) is 2. The lowest BCUT2D eigenvalue weighted by atomic mass is 10.1. The Morgan fingerprint density at radius 3 is 2.43 bits per heavy atom. The first-order valence-electron chi connectivity index (χ1n) is 13.4. The predicted molar refractivity (Wildman–Crippen MR) is 146 cm³/mol. The minimum Gasteiger partial charge on any atom is -0.464 e. The van der Waals surface area contributed by atoms with E-state index >= 15 is 0 Å². The highest BCUT2D eigenvalue weighted by Crippen LogP contribution is 2.27. The molecule has 1 aromatic heterocycles. The molecular formula is C31H38N2O4. The molecule has 0 saturated heterocycles. The molecular weight excluding hydrogens is 464 g/mol. The van der Waals surface area contributed by atoms with Crippen LogP contribution in [0.5, 0.6) is 0 Å². The Balaban J connectivity index is 1.60. The van der Waals surface area contributed by atoms with Gasteiger partial charge in [-0.1, -0.05) is 68.7 Å². The molecule has 0 aliphatic heterocycles. The molecule has 0 bridgehead atoms. The summed E-state index contributed by atoms with van der Waals surface area (Å²) >= 11 is 0. The number of hydrogen-bond donors (Lipinski definition) is 0. The zero-order valence-corrected chi connectivity index (χ0v) is 22.2. The summed E-state index contributed by atoms with van der Waals surface area (Å²) in [6.45, 7) is 7.24. The van der Waals surface area contributed by atoms with E-state index < -0.39 is 0 Å². The maximum absolute atomic E-state index is 13.8. The lowest BCUT2D eigenvalue weighted by molar-refractivity contribution is -0.143. The first-order chi connectivity index (χ1) is 17.8. The zero-order chi connectivity index (χ0) is 26.4. The van der Waals surface area contributed by atoms with Crippen molar-refractivity contribution in [2.45, 2.75) is 66.0 Å². The molecule has 196 valence electrons. The van der Waals surface area contributed by atoms with E-state index in [1.165, 1.54) is 6.26 Å². The van der Waals surface area contributed by atoms with Gasteiger partial charge >= 0.3 is 0 Å². The summed E-state index contributed by atoms with van der Waals surface area (Å²) in [6, 6.07) is 15.3. The van der Waals surface area contributed by atoms with E-state index in [9.17, 15) is 14.4 Å². The van der Waals surface area contributed by atoms with E-state index in [0.717, 1.165) is 43.2 Å². The predicted octanol–water partition coefficient (Wildman–Crippen LogP) is 5.70. The summed E-state index contributed by atoms with van der Waals surface area (Å²) in [5.74, 6) is 0.368. The number of aryl methyl sites for hydroxylation is 1. The third kappa shape index (κ3) is 6.88. The van der Waals surface area contributed by atoms with Gasteiger partial charge in [0.1, 0.15) is 5.58 Å². The number of rotatable bonds is 10. The monoisotopic (exact) mass is 502 g/mol. The molecule has 2 aromatic carbocycles. The van der Waals surface area contributed by atoms with E-state index in [0.29, 0.717) is 35.5 Å². The van der Waals surface area contributed by atoms with Crippen molar-refractivity contribution in [2.75, 3.05) is 13.1 Å². The molecule has 4 rings (SSSR count). The van der Waals surface area contributed by atoms with Crippen molar-refractivity contribution >= 4 is 22.8 Å². The van der Waals surface area contributed by atoms with Gasteiger partial charge in [0, 0.05) is 19.0 Å². The Morgan fingerprint density at radius 1 is 1.00 bits per heavy atom. The smallest absolute Gasteiger partial charge is 0.242 e. The number of carbonyl (C=O) groups excluding carboxylic acids is 2. The quantitative estimate of drug-likeness (QED) is 0.357. The lowest BCUT2D eigenvalue weighted by Gasteiger charge is -2.30. The molecule has 2 amide bonds. The molecule has 6 heteroatoms. The van der Waals surface area contributed by atoms with Crippen LogP contribution in [0.15, 0.2) is 64.0 Å². The van der Waals surface area contributed by atoms with E-state index in [2.05, 4.69) is 13.8 Å². The standard InChI is InChI=1S/C31H38N2O4/c1-22(2)15-16-32(31(36)25-11-7-8-12-25)20-29(34)33(18-24-9-5-4-6-10-24)19-26-21-37-28-14-13-23(3)17-27(28)30(26)35/h4-6,9-10,13-14,17,21-22,25H,7-8,11-12,15-16,18-20H2,1-3H3. The number of amides is 2. The molecule has 0 N–H and O–H groups in total. The van der Waals surface area contributed by atoms with Gasteiger partial charge in [-0.05, 0) is 49.8 Å². The van der Waals surface area contributed by atoms with Crippen LogP contribution in [0, 0.1) is 18.8 Å². The summed E-state index contributed by atoms with van der Waals surface area (Å²) in [5, 5.41) is 0.514. The van der Waals surface area contributed by atoms with Gasteiger partial charge in [0.15, 0.2) is 5.43 Å². The number of fused-ring (bicyclic) bond motifs is 1. The Bertz CT molecular complexity index is 1280. The molecule has 1 saturated carbocycles. The summed E-state index contributed by atoms with van der Waals surface area (Å²) in [6.07, 6.45) is 6.25. The van der Waals surface area contributed by atoms with E-state index in [4.69, 9.17) is 4.42 Å². The van der Waals surface area contributed by atoms with Gasteiger partial charge in [-0.3, -0.25) is 14.4 Å². The van der Waals surface area contributed by atoms with Gasteiger partial charge in [0.25, 0.3) is 0 Å². The SMILES string of the molecule is Cc1ccc2occ(CN(Cc3ccccc3)C(=O)CN(CCC(C)C)C(=O)C3CCCC3)c(=O)c2c1. The van der Waals surface area contributed by atoms with Gasteiger partial charge < -0.3 is 14.2 Å². The van der Waals surface area contributed by atoms with Crippen molar-refractivity contribution in [3.05, 3.63) is 81.7 Å². The van der Waals surface area contributed by atoms with Gasteiger partial charge in [0.2, 0.25) is 11.8 Å². The van der Waals surface area contributed by atoms with E-state index in [-0.39, 0.29) is 36.3 Å². The van der Waals surface area contributed by atoms with E-state index in [1.807, 2.05) is 49.4 Å². The van der Waals surface area contributed by atoms with Crippen LogP contribution in [-0.2, 0) is 22.7 Å². The topological polar surface area (TPSA) is 70.8 Å². The Labute approximate surface area is 219 Å². The highest BCUT2D eigenvalue weighted by atomic mass is 16.3. The van der Waals surface area contributed by atoms with Gasteiger partial charge in [-0.15, -0.1) is 0 Å². The molecule has 3 aromatic rings. The molecule has 1 heterocycles.